The average molecular weight is 419 g/mol. The van der Waals surface area contributed by atoms with E-state index in [1.165, 1.54) is 16.8 Å². The molecule has 0 unspecified atom stereocenters. The van der Waals surface area contributed by atoms with E-state index >= 15 is 0 Å². The molecule has 2 aromatic carbocycles. The molecule has 4 rings (SSSR count). The third-order valence-electron chi connectivity index (χ3n) is 4.76. The maximum atomic E-state index is 13.1. The molecule has 0 bridgehead atoms. The lowest BCUT2D eigenvalue weighted by molar-refractivity contribution is -0.137. The number of halogens is 4. The molecule has 4 nitrogen and oxygen atoms in total. The van der Waals surface area contributed by atoms with Gasteiger partial charge >= 0.3 is 12.1 Å². The van der Waals surface area contributed by atoms with Crippen molar-refractivity contribution in [2.45, 2.75) is 19.0 Å². The molecule has 0 aliphatic heterocycles. The fraction of sp³-hybridized carbons (Fsp3) is 0.143. The molecule has 1 aromatic heterocycles. The molecule has 148 valence electrons. The summed E-state index contributed by atoms with van der Waals surface area (Å²) in [6.07, 6.45) is -1.62. The summed E-state index contributed by atoms with van der Waals surface area (Å²) in [6.45, 7) is 0. The first-order chi connectivity index (χ1) is 13.7. The van der Waals surface area contributed by atoms with E-state index in [0.29, 0.717) is 29.1 Å². The van der Waals surface area contributed by atoms with Gasteiger partial charge in [0.25, 0.3) is 0 Å². The molecule has 0 atom stereocenters. The Morgan fingerprint density at radius 3 is 2.52 bits per heavy atom. The third-order valence-corrected chi connectivity index (χ3v) is 5.02. The highest BCUT2D eigenvalue weighted by atomic mass is 35.5. The van der Waals surface area contributed by atoms with Crippen LogP contribution in [-0.2, 0) is 12.6 Å². The Labute approximate surface area is 168 Å². The smallest absolute Gasteiger partial charge is 0.416 e. The summed E-state index contributed by atoms with van der Waals surface area (Å²) in [5.41, 5.74) is 1.90. The van der Waals surface area contributed by atoms with Crippen LogP contribution >= 0.6 is 11.6 Å². The van der Waals surface area contributed by atoms with E-state index in [1.54, 1.807) is 12.1 Å². The van der Waals surface area contributed by atoms with Gasteiger partial charge in [0.2, 0.25) is 0 Å². The van der Waals surface area contributed by atoms with Gasteiger partial charge < -0.3 is 5.11 Å². The van der Waals surface area contributed by atoms with Crippen LogP contribution < -0.4 is 0 Å². The van der Waals surface area contributed by atoms with Crippen molar-refractivity contribution in [3.05, 3.63) is 81.6 Å². The van der Waals surface area contributed by atoms with Crippen molar-refractivity contribution in [2.24, 2.45) is 0 Å². The van der Waals surface area contributed by atoms with Crippen molar-refractivity contribution in [1.82, 2.24) is 9.78 Å². The first kappa shape index (κ1) is 19.3. The Bertz CT molecular complexity index is 1130. The highest BCUT2D eigenvalue weighted by molar-refractivity contribution is 6.30. The molecule has 0 saturated carbocycles. The number of carboxylic acids is 1. The van der Waals surface area contributed by atoms with Gasteiger partial charge in [-0.05, 0) is 60.4 Å². The van der Waals surface area contributed by atoms with Crippen LogP contribution in [0.25, 0.3) is 17.3 Å². The van der Waals surface area contributed by atoms with Crippen LogP contribution in [0.3, 0.4) is 0 Å². The molecule has 3 aromatic rings. The predicted molar refractivity (Wildman–Crippen MR) is 103 cm³/mol. The third kappa shape index (κ3) is 3.65. The SMILES string of the molecule is O=C(O)c1nn(-c2cccc(C(F)(F)F)c2)c2c1CC/C2=C/c1ccc(Cl)cc1. The van der Waals surface area contributed by atoms with E-state index in [2.05, 4.69) is 5.10 Å². The number of aromatic nitrogens is 2. The molecule has 1 aliphatic carbocycles. The van der Waals surface area contributed by atoms with Gasteiger partial charge in [0.15, 0.2) is 5.69 Å². The molecule has 0 spiro atoms. The van der Waals surface area contributed by atoms with Crippen LogP contribution in [0.5, 0.6) is 0 Å². The molecular formula is C21H14ClF3N2O2. The van der Waals surface area contributed by atoms with Crippen LogP contribution in [0.4, 0.5) is 13.2 Å². The fourth-order valence-corrected chi connectivity index (χ4v) is 3.59. The summed E-state index contributed by atoms with van der Waals surface area (Å²) < 4.78 is 40.7. The van der Waals surface area contributed by atoms with E-state index in [-0.39, 0.29) is 11.4 Å². The molecule has 1 N–H and O–H groups in total. The topological polar surface area (TPSA) is 55.1 Å². The van der Waals surface area contributed by atoms with Gasteiger partial charge in [0.1, 0.15) is 0 Å². The Hall–Kier alpha value is -3.06. The van der Waals surface area contributed by atoms with Crippen molar-refractivity contribution in [1.29, 1.82) is 0 Å². The number of alkyl halides is 3. The van der Waals surface area contributed by atoms with Crippen LogP contribution in [0.2, 0.25) is 5.02 Å². The molecule has 0 fully saturated rings. The first-order valence-corrected chi connectivity index (χ1v) is 9.11. The number of allylic oxidation sites excluding steroid dienone is 1. The van der Waals surface area contributed by atoms with E-state index in [0.717, 1.165) is 23.3 Å². The zero-order chi connectivity index (χ0) is 20.8. The summed E-state index contributed by atoms with van der Waals surface area (Å²) in [6, 6.07) is 11.8. The molecule has 0 saturated heterocycles. The lowest BCUT2D eigenvalue weighted by atomic mass is 10.1. The molecule has 0 amide bonds. The summed E-state index contributed by atoms with van der Waals surface area (Å²) in [4.78, 5) is 11.6. The number of hydrogen-bond donors (Lipinski definition) is 1. The maximum absolute atomic E-state index is 13.1. The van der Waals surface area contributed by atoms with Crippen molar-refractivity contribution in [3.63, 3.8) is 0 Å². The number of rotatable bonds is 3. The van der Waals surface area contributed by atoms with Crippen molar-refractivity contribution in [2.75, 3.05) is 0 Å². The largest absolute Gasteiger partial charge is 0.476 e. The fourth-order valence-electron chi connectivity index (χ4n) is 3.47. The molecule has 1 heterocycles. The lowest BCUT2D eigenvalue weighted by Gasteiger charge is -2.11. The minimum Gasteiger partial charge on any atom is -0.476 e. The van der Waals surface area contributed by atoms with Gasteiger partial charge in [-0.25, -0.2) is 9.48 Å². The van der Waals surface area contributed by atoms with Crippen molar-refractivity contribution < 1.29 is 23.1 Å². The Morgan fingerprint density at radius 1 is 1.14 bits per heavy atom. The molecule has 1 aliphatic rings. The van der Waals surface area contributed by atoms with Gasteiger partial charge in [0, 0.05) is 10.6 Å². The van der Waals surface area contributed by atoms with E-state index in [4.69, 9.17) is 11.6 Å². The first-order valence-electron chi connectivity index (χ1n) is 8.73. The van der Waals surface area contributed by atoms with Crippen LogP contribution in [0.1, 0.15) is 39.3 Å². The molecule has 0 radical (unpaired) electrons. The Balaban J connectivity index is 1.88. The van der Waals surface area contributed by atoms with Crippen molar-refractivity contribution in [3.8, 4) is 5.69 Å². The number of hydrogen-bond acceptors (Lipinski definition) is 2. The number of benzene rings is 2. The van der Waals surface area contributed by atoms with Gasteiger partial charge in [-0.3, -0.25) is 0 Å². The number of fused-ring (bicyclic) bond motifs is 1. The minimum atomic E-state index is -4.51. The van der Waals surface area contributed by atoms with Gasteiger partial charge in [-0.15, -0.1) is 0 Å². The van der Waals surface area contributed by atoms with Crippen LogP contribution in [-0.4, -0.2) is 20.9 Å². The number of carbonyl (C=O) groups is 1. The minimum absolute atomic E-state index is 0.142. The average Bonchev–Trinajstić information content (AvgIpc) is 3.24. The number of nitrogens with zero attached hydrogens (tertiary/aromatic N) is 2. The second-order valence-corrected chi connectivity index (χ2v) is 7.10. The maximum Gasteiger partial charge on any atom is 0.416 e. The Kier molecular flexibility index (Phi) is 4.70. The zero-order valence-electron chi connectivity index (χ0n) is 14.9. The highest BCUT2D eigenvalue weighted by Gasteiger charge is 2.33. The quantitative estimate of drug-likeness (QED) is 0.591. The van der Waals surface area contributed by atoms with Crippen LogP contribution in [0.15, 0.2) is 48.5 Å². The number of aromatic carboxylic acids is 1. The Morgan fingerprint density at radius 2 is 1.86 bits per heavy atom. The second kappa shape index (κ2) is 7.08. The molecule has 29 heavy (non-hydrogen) atoms. The summed E-state index contributed by atoms with van der Waals surface area (Å²) in [5, 5.41) is 14.2. The highest BCUT2D eigenvalue weighted by Crippen LogP contribution is 2.38. The van der Waals surface area contributed by atoms with Gasteiger partial charge in [-0.2, -0.15) is 18.3 Å². The second-order valence-electron chi connectivity index (χ2n) is 6.66. The predicted octanol–water partition coefficient (Wildman–Crippen LogP) is 5.73. The molecule has 8 heteroatoms. The summed E-state index contributed by atoms with van der Waals surface area (Å²) in [5.74, 6) is -1.21. The zero-order valence-corrected chi connectivity index (χ0v) is 15.6. The van der Waals surface area contributed by atoms with E-state index < -0.39 is 17.7 Å². The van der Waals surface area contributed by atoms with Gasteiger partial charge in [-0.1, -0.05) is 29.8 Å². The summed E-state index contributed by atoms with van der Waals surface area (Å²) >= 11 is 5.91. The van der Waals surface area contributed by atoms with E-state index in [9.17, 15) is 23.1 Å². The monoisotopic (exact) mass is 418 g/mol. The van der Waals surface area contributed by atoms with Crippen LogP contribution in [0, 0.1) is 0 Å². The molecular weight excluding hydrogens is 405 g/mol. The normalized spacial score (nSPS) is 15.0. The standard InChI is InChI=1S/C21H14ClF3N2O2/c22-15-7-4-12(5-8-15)10-13-6-9-17-18(20(28)29)26-27(19(13)17)16-3-1-2-14(11-16)21(23,24)25/h1-5,7-8,10-11H,6,9H2,(H,28,29)/b13-10-. The van der Waals surface area contributed by atoms with E-state index in [1.807, 2.05) is 18.2 Å². The lowest BCUT2D eigenvalue weighted by Crippen LogP contribution is -2.08. The van der Waals surface area contributed by atoms with Gasteiger partial charge in [0.05, 0.1) is 16.9 Å². The summed E-state index contributed by atoms with van der Waals surface area (Å²) in [7, 11) is 0. The number of carboxylic acid groups (broad SMARTS) is 1. The van der Waals surface area contributed by atoms with Crippen molar-refractivity contribution >= 4 is 29.2 Å².